The quantitative estimate of drug-likeness (QED) is 0.0694. The SMILES string of the molecule is CCC(CC)C(=O)/C=C(\O)C(CC)CC.Cc1[c-]c(-c2ncnc3c2sc2c4ccc(CC(C)(C)C)cc4ccc32)[se]c1C.[Ir]. The molecule has 4 nitrogen and oxygen atoms in total. The molecule has 2 aromatic carbocycles. The Hall–Kier alpha value is -2.14. The molecule has 0 aliphatic carbocycles. The third kappa shape index (κ3) is 8.81. The Balaban J connectivity index is 0.000000297. The zero-order chi connectivity index (χ0) is 32.2. The van der Waals surface area contributed by atoms with Gasteiger partial charge in [0.1, 0.15) is 0 Å². The third-order valence-electron chi connectivity index (χ3n) is 8.41. The Morgan fingerprint density at radius 3 is 2.18 bits per heavy atom. The van der Waals surface area contributed by atoms with E-state index in [0.29, 0.717) is 14.5 Å². The molecule has 3 aromatic heterocycles. The number of carbonyl (C=O) groups is 1. The summed E-state index contributed by atoms with van der Waals surface area (Å²) in [5.41, 5.74) is 5.10. The number of rotatable bonds is 9. The zero-order valence-corrected chi connectivity index (χ0v) is 33.1. The van der Waals surface area contributed by atoms with Crippen LogP contribution < -0.4 is 0 Å². The van der Waals surface area contributed by atoms with Crippen LogP contribution in [-0.4, -0.2) is 35.4 Å². The number of aromatic nitrogens is 2. The number of hydrogen-bond donors (Lipinski definition) is 1. The number of aliphatic hydroxyl groups is 1. The summed E-state index contributed by atoms with van der Waals surface area (Å²) in [6.45, 7) is 19.3. The van der Waals surface area contributed by atoms with E-state index in [2.05, 4.69) is 81.0 Å². The first-order valence-electron chi connectivity index (χ1n) is 15.9. The molecule has 0 spiro atoms. The summed E-state index contributed by atoms with van der Waals surface area (Å²) in [4.78, 5) is 21.1. The molecule has 0 saturated carbocycles. The Bertz CT molecular complexity index is 1770. The first-order valence-corrected chi connectivity index (χ1v) is 18.5. The van der Waals surface area contributed by atoms with Gasteiger partial charge in [-0.2, -0.15) is 0 Å². The Morgan fingerprint density at radius 2 is 1.60 bits per heavy atom. The van der Waals surface area contributed by atoms with Crippen LogP contribution in [-0.2, 0) is 31.3 Å². The topological polar surface area (TPSA) is 63.1 Å². The van der Waals surface area contributed by atoms with Crippen LogP contribution in [0.2, 0.25) is 0 Å². The number of carbonyl (C=O) groups excluding carboxylic acids is 1. The van der Waals surface area contributed by atoms with Crippen LogP contribution in [0.5, 0.6) is 0 Å². The Morgan fingerprint density at radius 1 is 0.956 bits per heavy atom. The number of aryl methyl sites for hydroxylation is 2. The number of benzene rings is 2. The fraction of sp³-hybridized carbons (Fsp3) is 0.447. The van der Waals surface area contributed by atoms with Crippen LogP contribution in [0.15, 0.2) is 48.5 Å². The van der Waals surface area contributed by atoms with Crippen LogP contribution in [0, 0.1) is 37.2 Å². The van der Waals surface area contributed by atoms with Crippen molar-refractivity contribution < 1.29 is 30.0 Å². The van der Waals surface area contributed by atoms with E-state index in [1.807, 2.05) is 39.0 Å². The molecule has 243 valence electrons. The minimum absolute atomic E-state index is 0. The van der Waals surface area contributed by atoms with E-state index in [-0.39, 0.29) is 48.9 Å². The van der Waals surface area contributed by atoms with Crippen molar-refractivity contribution >= 4 is 62.7 Å². The minimum atomic E-state index is 0. The van der Waals surface area contributed by atoms with Gasteiger partial charge < -0.3 is 5.11 Å². The van der Waals surface area contributed by atoms with E-state index >= 15 is 0 Å². The maximum absolute atomic E-state index is 11.7. The number of nitrogens with zero attached hydrogens (tertiary/aromatic N) is 2. The minimum Gasteiger partial charge on any atom is 0 e. The maximum Gasteiger partial charge on any atom is 0 e. The molecule has 0 unspecified atom stereocenters. The smallest absolute Gasteiger partial charge is 0 e. The van der Waals surface area contributed by atoms with E-state index in [4.69, 9.17) is 0 Å². The van der Waals surface area contributed by atoms with Gasteiger partial charge in [-0.3, -0.25) is 4.79 Å². The van der Waals surface area contributed by atoms with Crippen molar-refractivity contribution in [1.82, 2.24) is 9.97 Å². The largest absolute Gasteiger partial charge is 0 e. The van der Waals surface area contributed by atoms with E-state index in [9.17, 15) is 9.90 Å². The van der Waals surface area contributed by atoms with Crippen molar-refractivity contribution in [3.8, 4) is 10.1 Å². The fourth-order valence-electron chi connectivity index (χ4n) is 5.70. The summed E-state index contributed by atoms with van der Waals surface area (Å²) in [6, 6.07) is 15.0. The monoisotopic (exact) mass is 868 g/mol. The average molecular weight is 867 g/mol. The number of fused-ring (bicyclic) bond motifs is 5. The first kappa shape index (κ1) is 37.3. The van der Waals surface area contributed by atoms with Crippen molar-refractivity contribution in [2.45, 2.75) is 94.4 Å². The van der Waals surface area contributed by atoms with Gasteiger partial charge in [-0.15, -0.1) is 0 Å². The number of allylic oxidation sites excluding steroid dienone is 2. The molecule has 0 bridgehead atoms. The standard InChI is InChI=1S/C25H23N2SSe.C13H24O2.Ir/c1-14-10-20(29-15(14)2)22-24-21(26-13-27-22)19-9-7-17-11-16(12-25(3,4)5)6-8-18(17)23(19)28-24;1-5-10(6-2)12(14)9-13(15)11(7-3)8-4;/h6-9,11,13H,12H2,1-5H3;9-11,14H,5-8H2,1-4H3;/q-1;;/b;12-9-;. The number of aliphatic hydroxyl groups excluding tert-OH is 1. The van der Waals surface area contributed by atoms with Crippen molar-refractivity contribution in [1.29, 1.82) is 0 Å². The Labute approximate surface area is 292 Å². The molecule has 0 saturated heterocycles. The van der Waals surface area contributed by atoms with Gasteiger partial charge in [0.25, 0.3) is 0 Å². The molecule has 1 N–H and O–H groups in total. The molecule has 1 radical (unpaired) electrons. The normalized spacial score (nSPS) is 12.2. The maximum atomic E-state index is 11.7. The molecule has 0 atom stereocenters. The van der Waals surface area contributed by atoms with Crippen LogP contribution in [0.25, 0.3) is 41.2 Å². The molecule has 0 aliphatic heterocycles. The predicted octanol–water partition coefficient (Wildman–Crippen LogP) is 10.6. The van der Waals surface area contributed by atoms with Gasteiger partial charge >= 0.3 is 182 Å². The van der Waals surface area contributed by atoms with Crippen molar-refractivity contribution in [2.75, 3.05) is 0 Å². The molecule has 45 heavy (non-hydrogen) atoms. The van der Waals surface area contributed by atoms with Crippen LogP contribution in [0.1, 0.15) is 89.7 Å². The summed E-state index contributed by atoms with van der Waals surface area (Å²) in [7, 11) is 0. The third-order valence-corrected chi connectivity index (χ3v) is 12.0. The Kier molecular flexibility index (Phi) is 13.4. The first-order chi connectivity index (χ1) is 20.9. The van der Waals surface area contributed by atoms with Gasteiger partial charge in [-0.1, -0.05) is 27.7 Å². The number of ketones is 1. The summed E-state index contributed by atoms with van der Waals surface area (Å²) in [5.74, 6) is 0.547. The molecule has 3 heterocycles. The number of hydrogen-bond acceptors (Lipinski definition) is 5. The van der Waals surface area contributed by atoms with Gasteiger partial charge in [0.15, 0.2) is 5.78 Å². The van der Waals surface area contributed by atoms with Gasteiger partial charge in [-0.25, -0.2) is 0 Å². The summed E-state index contributed by atoms with van der Waals surface area (Å²) >= 11 is 2.14. The van der Waals surface area contributed by atoms with Gasteiger partial charge in [0.05, 0.1) is 5.76 Å². The van der Waals surface area contributed by atoms with E-state index in [1.165, 1.54) is 51.6 Å². The van der Waals surface area contributed by atoms with E-state index in [0.717, 1.165) is 43.3 Å². The van der Waals surface area contributed by atoms with E-state index in [1.54, 1.807) is 6.33 Å². The van der Waals surface area contributed by atoms with Crippen LogP contribution in [0.3, 0.4) is 0 Å². The average Bonchev–Trinajstić information content (AvgIpc) is 3.52. The molecular formula is C38H47IrN2O2SSe-. The second-order valence-corrected chi connectivity index (χ2v) is 16.6. The van der Waals surface area contributed by atoms with E-state index < -0.39 is 0 Å². The summed E-state index contributed by atoms with van der Waals surface area (Å²) in [5, 5.41) is 13.6. The number of thiophene rings is 1. The zero-order valence-electron chi connectivity index (χ0n) is 28.1. The molecule has 0 fully saturated rings. The molecule has 5 aromatic rings. The van der Waals surface area contributed by atoms with Crippen molar-refractivity contribution in [3.63, 3.8) is 0 Å². The molecule has 5 rings (SSSR count). The van der Waals surface area contributed by atoms with Crippen LogP contribution in [0.4, 0.5) is 0 Å². The second kappa shape index (κ2) is 16.1. The predicted molar refractivity (Wildman–Crippen MR) is 190 cm³/mol. The fourth-order valence-corrected chi connectivity index (χ4v) is 9.15. The van der Waals surface area contributed by atoms with Crippen molar-refractivity contribution in [2.24, 2.45) is 17.3 Å². The van der Waals surface area contributed by atoms with Gasteiger partial charge in [-0.05, 0) is 25.7 Å². The summed E-state index contributed by atoms with van der Waals surface area (Å²) in [6.07, 6.45) is 7.71. The van der Waals surface area contributed by atoms with Gasteiger partial charge in [0, 0.05) is 38.0 Å². The molecule has 7 heteroatoms. The molecular weight excluding hydrogens is 820 g/mol. The second-order valence-electron chi connectivity index (χ2n) is 13.0. The molecule has 0 aliphatic rings. The summed E-state index contributed by atoms with van der Waals surface area (Å²) < 4.78 is 5.20. The van der Waals surface area contributed by atoms with Crippen LogP contribution >= 0.6 is 11.3 Å². The van der Waals surface area contributed by atoms with Crippen molar-refractivity contribution in [3.05, 3.63) is 70.1 Å². The molecule has 0 amide bonds. The van der Waals surface area contributed by atoms with Gasteiger partial charge in [0.2, 0.25) is 0 Å².